The molecule has 0 saturated carbocycles. The van der Waals surface area contributed by atoms with E-state index in [4.69, 9.17) is 0 Å². The molecule has 3 rings (SSSR count). The van der Waals surface area contributed by atoms with E-state index in [1.807, 2.05) is 0 Å². The van der Waals surface area contributed by atoms with Crippen molar-refractivity contribution in [2.45, 2.75) is 18.9 Å². The number of fused-ring (bicyclic) bond motifs is 3. The Kier molecular flexibility index (Phi) is 1.48. The number of benzene rings is 1. The minimum Gasteiger partial charge on any atom is -0.381 e. The molecule has 68 valence electrons. The molecule has 0 amide bonds. The Morgan fingerprint density at radius 2 is 2.23 bits per heavy atom. The van der Waals surface area contributed by atoms with Crippen LogP contribution < -0.4 is 10.2 Å². The third-order valence-corrected chi connectivity index (χ3v) is 3.12. The van der Waals surface area contributed by atoms with E-state index in [1.165, 1.54) is 30.8 Å². The molecule has 0 unspecified atom stereocenters. The lowest BCUT2D eigenvalue weighted by Gasteiger charge is -2.34. The molecule has 1 aromatic carbocycles. The number of rotatable bonds is 0. The van der Waals surface area contributed by atoms with Crippen LogP contribution >= 0.6 is 0 Å². The summed E-state index contributed by atoms with van der Waals surface area (Å²) in [6.07, 6.45) is 2.70. The molecule has 2 aliphatic rings. The van der Waals surface area contributed by atoms with Gasteiger partial charge in [0.1, 0.15) is 0 Å². The lowest BCUT2D eigenvalue weighted by Crippen LogP contribution is -2.39. The van der Waals surface area contributed by atoms with E-state index in [1.54, 1.807) is 0 Å². The van der Waals surface area contributed by atoms with Gasteiger partial charge in [-0.25, -0.2) is 0 Å². The summed E-state index contributed by atoms with van der Waals surface area (Å²) in [4.78, 5) is 2.55. The summed E-state index contributed by atoms with van der Waals surface area (Å²) in [5.74, 6) is 0. The molecule has 2 aliphatic heterocycles. The number of hydrogen-bond acceptors (Lipinski definition) is 2. The van der Waals surface area contributed by atoms with Crippen LogP contribution in [-0.4, -0.2) is 19.1 Å². The van der Waals surface area contributed by atoms with Crippen LogP contribution in [0.25, 0.3) is 0 Å². The first kappa shape index (κ1) is 7.25. The minimum atomic E-state index is 0.745. The van der Waals surface area contributed by atoms with E-state index in [-0.39, 0.29) is 0 Å². The Morgan fingerprint density at radius 3 is 3.23 bits per heavy atom. The molecule has 1 atom stereocenters. The van der Waals surface area contributed by atoms with Crippen molar-refractivity contribution in [2.24, 2.45) is 0 Å². The van der Waals surface area contributed by atoms with E-state index in [9.17, 15) is 0 Å². The van der Waals surface area contributed by atoms with Crippen molar-refractivity contribution in [3.05, 3.63) is 24.3 Å². The molecule has 0 radical (unpaired) electrons. The van der Waals surface area contributed by atoms with Gasteiger partial charge in [0.2, 0.25) is 0 Å². The Hall–Kier alpha value is -1.18. The average molecular weight is 174 g/mol. The Labute approximate surface area is 78.6 Å². The molecule has 0 aromatic heterocycles. The summed E-state index contributed by atoms with van der Waals surface area (Å²) >= 11 is 0. The minimum absolute atomic E-state index is 0.745. The van der Waals surface area contributed by atoms with Gasteiger partial charge >= 0.3 is 0 Å². The Bertz CT molecular complexity index is 322. The van der Waals surface area contributed by atoms with Crippen LogP contribution in [0.4, 0.5) is 11.4 Å². The van der Waals surface area contributed by atoms with Crippen molar-refractivity contribution in [3.63, 3.8) is 0 Å². The van der Waals surface area contributed by atoms with Crippen molar-refractivity contribution in [3.8, 4) is 0 Å². The molecular formula is C11H14N2. The molecule has 1 N–H and O–H groups in total. The topological polar surface area (TPSA) is 15.3 Å². The summed E-state index contributed by atoms with van der Waals surface area (Å²) in [7, 11) is 0. The molecule has 2 heteroatoms. The SMILES string of the molecule is c1ccc2c(c1)NC[C@H]1CCCN21. The van der Waals surface area contributed by atoms with Crippen molar-refractivity contribution in [2.75, 3.05) is 23.3 Å². The number of para-hydroxylation sites is 2. The summed E-state index contributed by atoms with van der Waals surface area (Å²) < 4.78 is 0. The highest BCUT2D eigenvalue weighted by Gasteiger charge is 2.29. The summed E-state index contributed by atoms with van der Waals surface area (Å²) in [6, 6.07) is 9.36. The van der Waals surface area contributed by atoms with E-state index in [0.717, 1.165) is 12.6 Å². The molecule has 13 heavy (non-hydrogen) atoms. The van der Waals surface area contributed by atoms with Crippen molar-refractivity contribution in [1.82, 2.24) is 0 Å². The maximum Gasteiger partial charge on any atom is 0.0605 e. The zero-order valence-corrected chi connectivity index (χ0v) is 7.66. The number of hydrogen-bond donors (Lipinski definition) is 1. The molecule has 0 spiro atoms. The van der Waals surface area contributed by atoms with E-state index in [2.05, 4.69) is 34.5 Å². The molecule has 1 fully saturated rings. The van der Waals surface area contributed by atoms with Gasteiger partial charge in [-0.3, -0.25) is 0 Å². The fourth-order valence-electron chi connectivity index (χ4n) is 2.47. The normalized spacial score (nSPS) is 24.9. The summed E-state index contributed by atoms with van der Waals surface area (Å²) in [5, 5.41) is 3.49. The lowest BCUT2D eigenvalue weighted by molar-refractivity contribution is 0.683. The molecule has 0 aliphatic carbocycles. The largest absolute Gasteiger partial charge is 0.381 e. The van der Waals surface area contributed by atoms with Gasteiger partial charge < -0.3 is 10.2 Å². The van der Waals surface area contributed by atoms with Gasteiger partial charge in [-0.05, 0) is 25.0 Å². The van der Waals surface area contributed by atoms with Gasteiger partial charge in [0, 0.05) is 19.1 Å². The lowest BCUT2D eigenvalue weighted by atomic mass is 10.1. The van der Waals surface area contributed by atoms with Crippen LogP contribution in [0.15, 0.2) is 24.3 Å². The maximum atomic E-state index is 3.49. The zero-order valence-electron chi connectivity index (χ0n) is 7.66. The first-order valence-corrected chi connectivity index (χ1v) is 5.05. The number of anilines is 2. The first-order valence-electron chi connectivity index (χ1n) is 5.05. The zero-order chi connectivity index (χ0) is 8.67. The quantitative estimate of drug-likeness (QED) is 0.647. The highest BCUT2D eigenvalue weighted by Crippen LogP contribution is 2.35. The second-order valence-electron chi connectivity index (χ2n) is 3.89. The molecule has 0 bridgehead atoms. The van der Waals surface area contributed by atoms with Crippen molar-refractivity contribution < 1.29 is 0 Å². The van der Waals surface area contributed by atoms with Crippen LogP contribution in [0.1, 0.15) is 12.8 Å². The van der Waals surface area contributed by atoms with E-state index >= 15 is 0 Å². The van der Waals surface area contributed by atoms with E-state index in [0.29, 0.717) is 0 Å². The predicted octanol–water partition coefficient (Wildman–Crippen LogP) is 2.08. The second kappa shape index (κ2) is 2.66. The smallest absolute Gasteiger partial charge is 0.0605 e. The molecule has 1 saturated heterocycles. The van der Waals surface area contributed by atoms with Gasteiger partial charge in [-0.1, -0.05) is 12.1 Å². The predicted molar refractivity (Wildman–Crippen MR) is 55.3 cm³/mol. The maximum absolute atomic E-state index is 3.49. The van der Waals surface area contributed by atoms with Gasteiger partial charge in [-0.15, -0.1) is 0 Å². The summed E-state index contributed by atoms with van der Waals surface area (Å²) in [5.41, 5.74) is 2.71. The van der Waals surface area contributed by atoms with Gasteiger partial charge in [0.05, 0.1) is 11.4 Å². The molecule has 2 heterocycles. The number of nitrogens with one attached hydrogen (secondary N) is 1. The monoisotopic (exact) mass is 174 g/mol. The van der Waals surface area contributed by atoms with Gasteiger partial charge in [0.25, 0.3) is 0 Å². The molecule has 2 nitrogen and oxygen atoms in total. The average Bonchev–Trinajstić information content (AvgIpc) is 2.65. The van der Waals surface area contributed by atoms with Crippen molar-refractivity contribution >= 4 is 11.4 Å². The van der Waals surface area contributed by atoms with Gasteiger partial charge in [-0.2, -0.15) is 0 Å². The second-order valence-corrected chi connectivity index (χ2v) is 3.89. The fraction of sp³-hybridized carbons (Fsp3) is 0.455. The fourth-order valence-corrected chi connectivity index (χ4v) is 2.47. The summed E-state index contributed by atoms with van der Waals surface area (Å²) in [6.45, 7) is 2.36. The highest BCUT2D eigenvalue weighted by molar-refractivity contribution is 5.73. The van der Waals surface area contributed by atoms with Crippen LogP contribution in [0.2, 0.25) is 0 Å². The van der Waals surface area contributed by atoms with Crippen LogP contribution in [0.3, 0.4) is 0 Å². The number of nitrogens with zero attached hydrogens (tertiary/aromatic N) is 1. The van der Waals surface area contributed by atoms with Crippen LogP contribution in [0.5, 0.6) is 0 Å². The highest BCUT2D eigenvalue weighted by atomic mass is 15.2. The van der Waals surface area contributed by atoms with Crippen molar-refractivity contribution in [1.29, 1.82) is 0 Å². The van der Waals surface area contributed by atoms with Crippen LogP contribution in [0, 0.1) is 0 Å². The van der Waals surface area contributed by atoms with Crippen LogP contribution in [-0.2, 0) is 0 Å². The van der Waals surface area contributed by atoms with E-state index < -0.39 is 0 Å². The standard InChI is InChI=1S/C11H14N2/c1-2-6-11-10(5-1)12-8-9-4-3-7-13(9)11/h1-2,5-6,9,12H,3-4,7-8H2/t9-/m1/s1. The third kappa shape index (κ3) is 1.01. The van der Waals surface area contributed by atoms with Gasteiger partial charge in [0.15, 0.2) is 0 Å². The third-order valence-electron chi connectivity index (χ3n) is 3.12. The Balaban J connectivity index is 2.06. The molecule has 1 aromatic rings. The Morgan fingerprint density at radius 1 is 1.31 bits per heavy atom. The first-order chi connectivity index (χ1) is 6.45. The molecular weight excluding hydrogens is 160 g/mol.